The molecule has 0 aliphatic heterocycles. The number of unbranched alkanes of at least 4 members (excludes halogenated alkanes) is 2. The molecule has 66 valence electrons. The fourth-order valence-corrected chi connectivity index (χ4v) is 0.722. The smallest absolute Gasteiger partial charge is 0.205 e. The molecule has 0 aliphatic carbocycles. The van der Waals surface area contributed by atoms with Crippen LogP contribution in [0.4, 0.5) is 0 Å². The molecular formula is C11H16O. The van der Waals surface area contributed by atoms with Gasteiger partial charge in [-0.2, -0.15) is 0 Å². The first-order chi connectivity index (χ1) is 5.81. The van der Waals surface area contributed by atoms with Crippen LogP contribution >= 0.6 is 0 Å². The lowest BCUT2D eigenvalue weighted by Crippen LogP contribution is -1.90. The van der Waals surface area contributed by atoms with E-state index in [1.165, 1.54) is 0 Å². The molecule has 0 spiro atoms. The second-order valence-electron chi connectivity index (χ2n) is 2.66. The molecule has 0 amide bonds. The Balaban J connectivity index is 3.49. The van der Waals surface area contributed by atoms with Crippen molar-refractivity contribution < 1.29 is 4.79 Å². The maximum Gasteiger partial charge on any atom is 0.205 e. The lowest BCUT2D eigenvalue weighted by molar-refractivity contribution is -0.113. The van der Waals surface area contributed by atoms with Crippen molar-refractivity contribution in [1.29, 1.82) is 0 Å². The van der Waals surface area contributed by atoms with Gasteiger partial charge in [0.05, 0.1) is 0 Å². The van der Waals surface area contributed by atoms with E-state index >= 15 is 0 Å². The van der Waals surface area contributed by atoms with E-state index in [-0.39, 0.29) is 5.78 Å². The predicted octanol–water partition coefficient (Wildman–Crippen LogP) is 2.72. The number of ketones is 1. The van der Waals surface area contributed by atoms with Crippen molar-refractivity contribution in [3.63, 3.8) is 0 Å². The Labute approximate surface area is 74.9 Å². The van der Waals surface area contributed by atoms with Crippen molar-refractivity contribution in [2.45, 2.75) is 39.0 Å². The van der Waals surface area contributed by atoms with E-state index in [2.05, 4.69) is 25.3 Å². The Morgan fingerprint density at radius 3 is 2.92 bits per heavy atom. The van der Waals surface area contributed by atoms with Gasteiger partial charge in [-0.15, -0.1) is 6.58 Å². The zero-order valence-corrected chi connectivity index (χ0v) is 7.73. The molecule has 0 aromatic heterocycles. The van der Waals surface area contributed by atoms with Gasteiger partial charge in [0.25, 0.3) is 0 Å². The summed E-state index contributed by atoms with van der Waals surface area (Å²) in [5, 5.41) is 0. The first-order valence-electron chi connectivity index (χ1n) is 4.43. The molecule has 0 rings (SSSR count). The van der Waals surface area contributed by atoms with Gasteiger partial charge < -0.3 is 0 Å². The minimum atomic E-state index is 0.0333. The second-order valence-corrected chi connectivity index (χ2v) is 2.66. The highest BCUT2D eigenvalue weighted by molar-refractivity contribution is 5.95. The highest BCUT2D eigenvalue weighted by atomic mass is 16.1. The highest BCUT2D eigenvalue weighted by Crippen LogP contribution is 1.92. The largest absolute Gasteiger partial charge is 0.285 e. The first kappa shape index (κ1) is 11.0. The third-order valence-corrected chi connectivity index (χ3v) is 1.46. The number of carbonyl (C=O) groups excluding carboxylic acids is 1. The SMILES string of the molecule is C=CCCC(=O)C#CCCCC. The molecule has 1 heteroatoms. The van der Waals surface area contributed by atoms with Gasteiger partial charge in [0.1, 0.15) is 0 Å². The molecule has 0 saturated heterocycles. The summed E-state index contributed by atoms with van der Waals surface area (Å²) in [4.78, 5) is 10.9. The van der Waals surface area contributed by atoms with E-state index in [4.69, 9.17) is 0 Å². The molecule has 0 aliphatic rings. The van der Waals surface area contributed by atoms with Gasteiger partial charge in [0.2, 0.25) is 5.78 Å². The molecule has 0 N–H and O–H groups in total. The van der Waals surface area contributed by atoms with Crippen LogP contribution in [0.15, 0.2) is 12.7 Å². The summed E-state index contributed by atoms with van der Waals surface area (Å²) in [5.74, 6) is 5.51. The van der Waals surface area contributed by atoms with Crippen LogP contribution in [0, 0.1) is 11.8 Å². The highest BCUT2D eigenvalue weighted by Gasteiger charge is 1.91. The van der Waals surface area contributed by atoms with Crippen LogP contribution < -0.4 is 0 Å². The third kappa shape index (κ3) is 7.08. The summed E-state index contributed by atoms with van der Waals surface area (Å²) in [6, 6.07) is 0. The average Bonchev–Trinajstić information content (AvgIpc) is 2.09. The van der Waals surface area contributed by atoms with E-state index in [1.807, 2.05) is 0 Å². The zero-order chi connectivity index (χ0) is 9.23. The summed E-state index contributed by atoms with van der Waals surface area (Å²) < 4.78 is 0. The van der Waals surface area contributed by atoms with E-state index in [0.717, 1.165) is 25.7 Å². The van der Waals surface area contributed by atoms with Gasteiger partial charge in [0, 0.05) is 12.8 Å². The second kappa shape index (κ2) is 8.07. The van der Waals surface area contributed by atoms with Gasteiger partial charge in [-0.25, -0.2) is 0 Å². The molecule has 0 radical (unpaired) electrons. The van der Waals surface area contributed by atoms with Crippen molar-refractivity contribution >= 4 is 5.78 Å². The van der Waals surface area contributed by atoms with Crippen molar-refractivity contribution in [1.82, 2.24) is 0 Å². The van der Waals surface area contributed by atoms with Crippen molar-refractivity contribution in [3.05, 3.63) is 12.7 Å². The summed E-state index contributed by atoms with van der Waals surface area (Å²) in [6.07, 6.45) is 6.06. The predicted molar refractivity (Wildman–Crippen MR) is 51.7 cm³/mol. The maximum absolute atomic E-state index is 10.9. The van der Waals surface area contributed by atoms with E-state index in [9.17, 15) is 4.79 Å². The first-order valence-corrected chi connectivity index (χ1v) is 4.43. The minimum absolute atomic E-state index is 0.0333. The summed E-state index contributed by atoms with van der Waals surface area (Å²) in [6.45, 7) is 5.65. The molecular weight excluding hydrogens is 148 g/mol. The standard InChI is InChI=1S/C11H16O/c1-3-5-7-8-10-11(12)9-6-4-2/h4H,2-3,5-7,9H2,1H3. The molecule has 0 saturated carbocycles. The number of Topliss-reactive ketones (excluding diaryl/α,β-unsaturated/α-hetero) is 1. The van der Waals surface area contributed by atoms with Gasteiger partial charge >= 0.3 is 0 Å². The molecule has 1 nitrogen and oxygen atoms in total. The van der Waals surface area contributed by atoms with Gasteiger partial charge in [-0.3, -0.25) is 4.79 Å². The number of hydrogen-bond acceptors (Lipinski definition) is 1. The Hall–Kier alpha value is -1.03. The Bertz CT molecular complexity index is 193. The number of allylic oxidation sites excluding steroid dienone is 1. The molecule has 0 heterocycles. The maximum atomic E-state index is 10.9. The third-order valence-electron chi connectivity index (χ3n) is 1.46. The Kier molecular flexibility index (Phi) is 7.38. The molecule has 0 bridgehead atoms. The van der Waals surface area contributed by atoms with Crippen LogP contribution in [0.1, 0.15) is 39.0 Å². The van der Waals surface area contributed by atoms with E-state index in [1.54, 1.807) is 6.08 Å². The van der Waals surface area contributed by atoms with E-state index in [0.29, 0.717) is 6.42 Å². The van der Waals surface area contributed by atoms with Crippen LogP contribution in [-0.4, -0.2) is 5.78 Å². The Morgan fingerprint density at radius 1 is 1.58 bits per heavy atom. The number of rotatable bonds is 5. The number of carbonyl (C=O) groups is 1. The molecule has 0 unspecified atom stereocenters. The molecule has 0 atom stereocenters. The van der Waals surface area contributed by atoms with Crippen molar-refractivity contribution in [2.75, 3.05) is 0 Å². The molecule has 12 heavy (non-hydrogen) atoms. The lowest BCUT2D eigenvalue weighted by atomic mass is 10.2. The monoisotopic (exact) mass is 164 g/mol. The quantitative estimate of drug-likeness (QED) is 0.264. The topological polar surface area (TPSA) is 17.1 Å². The van der Waals surface area contributed by atoms with Crippen molar-refractivity contribution in [2.24, 2.45) is 0 Å². The van der Waals surface area contributed by atoms with E-state index < -0.39 is 0 Å². The average molecular weight is 164 g/mol. The zero-order valence-electron chi connectivity index (χ0n) is 7.73. The Morgan fingerprint density at radius 2 is 2.33 bits per heavy atom. The molecule has 0 fully saturated rings. The van der Waals surface area contributed by atoms with Gasteiger partial charge in [-0.05, 0) is 18.8 Å². The van der Waals surface area contributed by atoms with Gasteiger partial charge in [0.15, 0.2) is 0 Å². The number of hydrogen-bond donors (Lipinski definition) is 0. The molecule has 0 aromatic rings. The van der Waals surface area contributed by atoms with Crippen LogP contribution in [0.5, 0.6) is 0 Å². The fourth-order valence-electron chi connectivity index (χ4n) is 0.722. The lowest BCUT2D eigenvalue weighted by Gasteiger charge is -1.86. The van der Waals surface area contributed by atoms with Crippen molar-refractivity contribution in [3.8, 4) is 11.8 Å². The molecule has 0 aromatic carbocycles. The minimum Gasteiger partial charge on any atom is -0.285 e. The van der Waals surface area contributed by atoms with Crippen LogP contribution in [0.25, 0.3) is 0 Å². The van der Waals surface area contributed by atoms with Crippen LogP contribution in [0.2, 0.25) is 0 Å². The van der Waals surface area contributed by atoms with Crippen LogP contribution in [-0.2, 0) is 4.79 Å². The van der Waals surface area contributed by atoms with Gasteiger partial charge in [-0.1, -0.05) is 25.3 Å². The van der Waals surface area contributed by atoms with Crippen LogP contribution in [0.3, 0.4) is 0 Å². The normalized spacial score (nSPS) is 8.42. The summed E-state index contributed by atoms with van der Waals surface area (Å²) in [5.41, 5.74) is 0. The summed E-state index contributed by atoms with van der Waals surface area (Å²) in [7, 11) is 0. The fraction of sp³-hybridized carbons (Fsp3) is 0.545. The summed E-state index contributed by atoms with van der Waals surface area (Å²) >= 11 is 0.